The predicted octanol–water partition coefficient (Wildman–Crippen LogP) is 1.86. The summed E-state index contributed by atoms with van der Waals surface area (Å²) in [5.74, 6) is 6.35. The summed E-state index contributed by atoms with van der Waals surface area (Å²) in [5, 5.41) is 8.72. The maximum atomic E-state index is 12.6. The number of likely N-dealkylation sites (tertiary alicyclic amines) is 1. The number of esters is 1. The predicted molar refractivity (Wildman–Crippen MR) is 107 cm³/mol. The second kappa shape index (κ2) is 9.09. The maximum absolute atomic E-state index is 12.6. The van der Waals surface area contributed by atoms with Crippen molar-refractivity contribution in [3.63, 3.8) is 0 Å². The van der Waals surface area contributed by atoms with Crippen molar-refractivity contribution in [2.24, 2.45) is 5.92 Å². The van der Waals surface area contributed by atoms with Crippen LogP contribution in [0.5, 0.6) is 0 Å². The number of ether oxygens (including phenoxy) is 1. The molecule has 1 amide bonds. The van der Waals surface area contributed by atoms with Gasteiger partial charge in [0, 0.05) is 18.7 Å². The van der Waals surface area contributed by atoms with Gasteiger partial charge >= 0.3 is 5.97 Å². The Balaban J connectivity index is 1.59. The molecule has 2 aromatic rings. The molecule has 1 aromatic heterocycles. The first-order valence-corrected chi connectivity index (χ1v) is 10.3. The molecule has 8 nitrogen and oxygen atoms in total. The molecule has 0 bridgehead atoms. The van der Waals surface area contributed by atoms with Crippen LogP contribution in [0, 0.1) is 12.8 Å². The van der Waals surface area contributed by atoms with Gasteiger partial charge in [-0.1, -0.05) is 41.6 Å². The van der Waals surface area contributed by atoms with E-state index < -0.39 is 0 Å². The van der Waals surface area contributed by atoms with Gasteiger partial charge in [-0.05, 0) is 26.7 Å². The lowest BCUT2D eigenvalue weighted by atomic mass is 9.98. The number of benzene rings is 1. The molecule has 0 unspecified atom stereocenters. The highest BCUT2D eigenvalue weighted by molar-refractivity contribution is 7.99. The molecule has 2 heterocycles. The van der Waals surface area contributed by atoms with Gasteiger partial charge in [0.25, 0.3) is 0 Å². The SMILES string of the molecule is CCOC(=O)[C@H]1CCCN(C(=O)CSc2nnc(-c3ccc(C)cc3)n2N)C1. The first kappa shape index (κ1) is 20.2. The van der Waals surface area contributed by atoms with Crippen LogP contribution in [0.25, 0.3) is 11.4 Å². The van der Waals surface area contributed by atoms with Gasteiger partial charge in [0.05, 0.1) is 18.3 Å². The van der Waals surface area contributed by atoms with Crippen LogP contribution in [-0.4, -0.2) is 57.1 Å². The fourth-order valence-electron chi connectivity index (χ4n) is 3.15. The lowest BCUT2D eigenvalue weighted by molar-refractivity contribution is -0.151. The van der Waals surface area contributed by atoms with Crippen LogP contribution in [0.15, 0.2) is 29.4 Å². The highest BCUT2D eigenvalue weighted by atomic mass is 32.2. The van der Waals surface area contributed by atoms with Gasteiger partial charge in [-0.15, -0.1) is 10.2 Å². The number of aryl methyl sites for hydroxylation is 1. The molecular formula is C19H25N5O3S. The zero-order valence-electron chi connectivity index (χ0n) is 16.1. The Morgan fingerprint density at radius 1 is 1.29 bits per heavy atom. The lowest BCUT2D eigenvalue weighted by Crippen LogP contribution is -2.43. The van der Waals surface area contributed by atoms with E-state index in [0.29, 0.717) is 30.7 Å². The van der Waals surface area contributed by atoms with E-state index in [1.807, 2.05) is 31.2 Å². The fraction of sp³-hybridized carbons (Fsp3) is 0.474. The van der Waals surface area contributed by atoms with E-state index in [-0.39, 0.29) is 23.5 Å². The third-order valence-electron chi connectivity index (χ3n) is 4.69. The minimum atomic E-state index is -0.242. The number of thioether (sulfide) groups is 1. The third kappa shape index (κ3) is 4.64. The lowest BCUT2D eigenvalue weighted by Gasteiger charge is -2.31. The smallest absolute Gasteiger partial charge is 0.310 e. The van der Waals surface area contributed by atoms with E-state index >= 15 is 0 Å². The Labute approximate surface area is 168 Å². The van der Waals surface area contributed by atoms with Gasteiger partial charge in [-0.2, -0.15) is 0 Å². The number of nitrogen functional groups attached to an aromatic ring is 1. The van der Waals surface area contributed by atoms with Crippen molar-refractivity contribution in [1.29, 1.82) is 0 Å². The molecule has 1 saturated heterocycles. The van der Waals surface area contributed by atoms with Crippen LogP contribution >= 0.6 is 11.8 Å². The summed E-state index contributed by atoms with van der Waals surface area (Å²) in [6, 6.07) is 7.84. The maximum Gasteiger partial charge on any atom is 0.310 e. The first-order valence-electron chi connectivity index (χ1n) is 9.34. The molecule has 150 valence electrons. The van der Waals surface area contributed by atoms with Crippen molar-refractivity contribution < 1.29 is 14.3 Å². The number of hydrogen-bond donors (Lipinski definition) is 1. The molecule has 2 N–H and O–H groups in total. The number of amides is 1. The molecule has 0 aliphatic carbocycles. The molecule has 1 fully saturated rings. The van der Waals surface area contributed by atoms with Gasteiger partial charge < -0.3 is 15.5 Å². The van der Waals surface area contributed by atoms with E-state index in [9.17, 15) is 9.59 Å². The highest BCUT2D eigenvalue weighted by Crippen LogP contribution is 2.23. The van der Waals surface area contributed by atoms with Gasteiger partial charge in [-0.25, -0.2) is 4.68 Å². The van der Waals surface area contributed by atoms with Crippen molar-refractivity contribution >= 4 is 23.6 Å². The molecule has 3 rings (SSSR count). The number of carbonyl (C=O) groups excluding carboxylic acids is 2. The largest absolute Gasteiger partial charge is 0.466 e. The van der Waals surface area contributed by atoms with Gasteiger partial charge in [0.1, 0.15) is 0 Å². The number of aromatic nitrogens is 3. The summed E-state index contributed by atoms with van der Waals surface area (Å²) in [4.78, 5) is 26.2. The zero-order valence-corrected chi connectivity index (χ0v) is 16.9. The fourth-order valence-corrected chi connectivity index (χ4v) is 3.91. The molecule has 1 aliphatic heterocycles. The summed E-state index contributed by atoms with van der Waals surface area (Å²) in [6.07, 6.45) is 1.55. The normalized spacial score (nSPS) is 16.8. The van der Waals surface area contributed by atoms with Crippen LogP contribution in [0.1, 0.15) is 25.3 Å². The quantitative estimate of drug-likeness (QED) is 0.446. The molecule has 0 spiro atoms. The van der Waals surface area contributed by atoms with E-state index in [4.69, 9.17) is 10.6 Å². The molecule has 28 heavy (non-hydrogen) atoms. The Morgan fingerprint density at radius 3 is 2.75 bits per heavy atom. The minimum Gasteiger partial charge on any atom is -0.466 e. The monoisotopic (exact) mass is 403 g/mol. The van der Waals surface area contributed by atoms with Crippen molar-refractivity contribution in [3.8, 4) is 11.4 Å². The van der Waals surface area contributed by atoms with Gasteiger partial charge in [0.15, 0.2) is 5.82 Å². The minimum absolute atomic E-state index is 0.0427. The average molecular weight is 404 g/mol. The second-order valence-corrected chi connectivity index (χ2v) is 7.70. The van der Waals surface area contributed by atoms with Crippen LogP contribution in [0.3, 0.4) is 0 Å². The van der Waals surface area contributed by atoms with Crippen LogP contribution in [-0.2, 0) is 14.3 Å². The number of nitrogens with zero attached hydrogens (tertiary/aromatic N) is 4. The number of carbonyl (C=O) groups is 2. The Bertz CT molecular complexity index is 837. The van der Waals surface area contributed by atoms with E-state index in [1.165, 1.54) is 16.4 Å². The van der Waals surface area contributed by atoms with Crippen LogP contribution < -0.4 is 5.84 Å². The summed E-state index contributed by atoms with van der Waals surface area (Å²) in [7, 11) is 0. The van der Waals surface area contributed by atoms with Crippen molar-refractivity contribution in [2.75, 3.05) is 31.3 Å². The summed E-state index contributed by atoms with van der Waals surface area (Å²) in [5.41, 5.74) is 2.02. The molecule has 9 heteroatoms. The zero-order chi connectivity index (χ0) is 20.1. The average Bonchev–Trinajstić information content (AvgIpc) is 3.07. The second-order valence-electron chi connectivity index (χ2n) is 6.76. The summed E-state index contributed by atoms with van der Waals surface area (Å²) < 4.78 is 6.49. The topological polar surface area (TPSA) is 103 Å². The Hall–Kier alpha value is -2.55. The summed E-state index contributed by atoms with van der Waals surface area (Å²) in [6.45, 7) is 5.21. The number of hydrogen-bond acceptors (Lipinski definition) is 7. The van der Waals surface area contributed by atoms with E-state index in [1.54, 1.807) is 11.8 Å². The van der Waals surface area contributed by atoms with Gasteiger partial charge in [-0.3, -0.25) is 9.59 Å². The molecule has 0 radical (unpaired) electrons. The molecule has 1 aromatic carbocycles. The first-order chi connectivity index (χ1) is 13.5. The highest BCUT2D eigenvalue weighted by Gasteiger charge is 2.29. The molecule has 0 saturated carbocycles. The summed E-state index contributed by atoms with van der Waals surface area (Å²) >= 11 is 1.24. The van der Waals surface area contributed by atoms with Crippen molar-refractivity contribution in [3.05, 3.63) is 29.8 Å². The Kier molecular flexibility index (Phi) is 6.56. The third-order valence-corrected chi connectivity index (χ3v) is 5.62. The van der Waals surface area contributed by atoms with Crippen molar-refractivity contribution in [2.45, 2.75) is 31.8 Å². The molecular weight excluding hydrogens is 378 g/mol. The number of piperidine rings is 1. The van der Waals surface area contributed by atoms with E-state index in [2.05, 4.69) is 10.2 Å². The van der Waals surface area contributed by atoms with Crippen LogP contribution in [0.4, 0.5) is 0 Å². The molecule has 1 aliphatic rings. The number of nitrogens with two attached hydrogens (primary N) is 1. The van der Waals surface area contributed by atoms with E-state index in [0.717, 1.165) is 24.0 Å². The number of rotatable bonds is 6. The Morgan fingerprint density at radius 2 is 2.04 bits per heavy atom. The molecule has 1 atom stereocenters. The van der Waals surface area contributed by atoms with Gasteiger partial charge in [0.2, 0.25) is 11.1 Å². The standard InChI is InChI=1S/C19H25N5O3S/c1-3-27-18(26)15-5-4-10-23(11-15)16(25)12-28-19-22-21-17(24(19)20)14-8-6-13(2)7-9-14/h6-9,15H,3-5,10-12,20H2,1-2H3/t15-/m0/s1. The van der Waals surface area contributed by atoms with Crippen molar-refractivity contribution in [1.82, 2.24) is 19.8 Å². The van der Waals surface area contributed by atoms with Crippen LogP contribution in [0.2, 0.25) is 0 Å².